The molecule has 2 aromatic rings. The molecular weight excluding hydrogens is 310 g/mol. The van der Waals surface area contributed by atoms with E-state index >= 15 is 0 Å². The number of nitrogens with one attached hydrogen (secondary N) is 1. The van der Waals surface area contributed by atoms with Crippen LogP contribution in [0.4, 0.5) is 0 Å². The quantitative estimate of drug-likeness (QED) is 0.885. The lowest BCUT2D eigenvalue weighted by Crippen LogP contribution is -2.13. The van der Waals surface area contributed by atoms with Crippen LogP contribution >= 0.6 is 0 Å². The summed E-state index contributed by atoms with van der Waals surface area (Å²) >= 11 is 0. The van der Waals surface area contributed by atoms with E-state index in [1.807, 2.05) is 19.9 Å². The first kappa shape index (κ1) is 17.2. The molecule has 0 atom stereocenters. The summed E-state index contributed by atoms with van der Waals surface area (Å²) in [5, 5.41) is 4.05. The van der Waals surface area contributed by atoms with Crippen LogP contribution in [0.25, 0.3) is 16.7 Å². The molecule has 0 unspecified atom stereocenters. The first-order valence-corrected chi connectivity index (χ1v) is 8.64. The van der Waals surface area contributed by atoms with Gasteiger partial charge in [0.05, 0.1) is 6.42 Å². The lowest BCUT2D eigenvalue weighted by atomic mass is 10.1. The fraction of sp³-hybridized carbons (Fsp3) is 0.333. The normalized spacial score (nSPS) is 17.6. The van der Waals surface area contributed by atoms with E-state index in [0.717, 1.165) is 39.3 Å². The molecule has 1 aliphatic rings. The van der Waals surface area contributed by atoms with E-state index < -0.39 is 0 Å². The molecular formula is C21H25N3O. The molecule has 0 saturated carbocycles. The van der Waals surface area contributed by atoms with Crippen LogP contribution in [-0.2, 0) is 4.79 Å². The van der Waals surface area contributed by atoms with Gasteiger partial charge >= 0.3 is 0 Å². The molecule has 1 amide bonds. The third-order valence-electron chi connectivity index (χ3n) is 4.57. The molecule has 1 aliphatic heterocycles. The monoisotopic (exact) mass is 335 g/mol. The van der Waals surface area contributed by atoms with Crippen molar-refractivity contribution in [2.75, 3.05) is 0 Å². The van der Waals surface area contributed by atoms with Crippen molar-refractivity contribution in [3.05, 3.63) is 59.1 Å². The van der Waals surface area contributed by atoms with E-state index in [0.29, 0.717) is 12.3 Å². The molecule has 0 bridgehead atoms. The molecule has 2 aromatic heterocycles. The average Bonchev–Trinajstić information content (AvgIpc) is 3.06. The zero-order valence-electron chi connectivity index (χ0n) is 15.6. The van der Waals surface area contributed by atoms with E-state index in [4.69, 9.17) is 4.98 Å². The summed E-state index contributed by atoms with van der Waals surface area (Å²) in [5.41, 5.74) is 6.99. The van der Waals surface area contributed by atoms with Crippen molar-refractivity contribution >= 4 is 22.6 Å². The highest BCUT2D eigenvalue weighted by Crippen LogP contribution is 2.29. The van der Waals surface area contributed by atoms with E-state index in [1.165, 1.54) is 5.69 Å². The second kappa shape index (κ2) is 6.36. The predicted octanol–water partition coefficient (Wildman–Crippen LogP) is 4.68. The van der Waals surface area contributed by atoms with Crippen LogP contribution in [-0.4, -0.2) is 15.5 Å². The number of amides is 1. The highest BCUT2D eigenvalue weighted by Gasteiger charge is 2.20. The molecule has 1 fully saturated rings. The minimum atomic E-state index is 0.0111. The summed E-state index contributed by atoms with van der Waals surface area (Å²) < 4.78 is 2.22. The number of carbonyl (C=O) groups excluding carboxylic acids is 1. The van der Waals surface area contributed by atoms with Gasteiger partial charge in [-0.3, -0.25) is 4.79 Å². The van der Waals surface area contributed by atoms with Gasteiger partial charge in [-0.05, 0) is 62.1 Å². The fourth-order valence-corrected chi connectivity index (χ4v) is 3.37. The Morgan fingerprint density at radius 1 is 1.36 bits per heavy atom. The number of pyridine rings is 1. The van der Waals surface area contributed by atoms with Gasteiger partial charge in [0.1, 0.15) is 5.65 Å². The van der Waals surface area contributed by atoms with E-state index in [1.54, 1.807) is 0 Å². The van der Waals surface area contributed by atoms with E-state index in [2.05, 4.69) is 55.4 Å². The number of nitrogens with zero attached hydrogens (tertiary/aromatic N) is 2. The smallest absolute Gasteiger partial charge is 0.228 e. The summed E-state index contributed by atoms with van der Waals surface area (Å²) in [6.07, 6.45) is 2.48. The zero-order valence-corrected chi connectivity index (χ0v) is 15.6. The van der Waals surface area contributed by atoms with Gasteiger partial charge in [0.25, 0.3) is 0 Å². The van der Waals surface area contributed by atoms with Gasteiger partial charge in [-0.2, -0.15) is 0 Å². The van der Waals surface area contributed by atoms with Gasteiger partial charge < -0.3 is 9.88 Å². The summed E-state index contributed by atoms with van der Waals surface area (Å²) in [4.78, 5) is 16.3. The highest BCUT2D eigenvalue weighted by atomic mass is 16.1. The summed E-state index contributed by atoms with van der Waals surface area (Å²) in [5.74, 6) is 0.393. The average molecular weight is 335 g/mol. The number of aromatic nitrogens is 2. The molecule has 0 spiro atoms. The molecule has 3 rings (SSSR count). The Hall–Kier alpha value is -2.62. The summed E-state index contributed by atoms with van der Waals surface area (Å²) in [6, 6.07) is 6.38. The predicted molar refractivity (Wildman–Crippen MR) is 103 cm³/mol. The van der Waals surface area contributed by atoms with Crippen molar-refractivity contribution in [3.63, 3.8) is 0 Å². The number of fused-ring (bicyclic) bond motifs is 1. The van der Waals surface area contributed by atoms with E-state index in [-0.39, 0.29) is 5.91 Å². The fourth-order valence-electron chi connectivity index (χ4n) is 3.37. The highest BCUT2D eigenvalue weighted by molar-refractivity contribution is 5.87. The number of rotatable bonds is 3. The summed E-state index contributed by atoms with van der Waals surface area (Å²) in [6.45, 7) is 14.5. The second-order valence-electron chi connectivity index (χ2n) is 7.10. The standard InChI is InChI=1S/C21H25N3O/c1-12(2)18-11-17-8-7-15(5)22-21(17)24(18)16(6)9-13(3)20-14(4)10-19(25)23-20/h7-9,11-12H,4,10H2,1-3,5-6H3,(H,23,25)/b16-9+,20-13+. The first-order chi connectivity index (χ1) is 11.8. The maximum absolute atomic E-state index is 11.6. The maximum Gasteiger partial charge on any atom is 0.228 e. The van der Waals surface area contributed by atoms with Gasteiger partial charge in [-0.1, -0.05) is 20.4 Å². The Bertz CT molecular complexity index is 941. The zero-order chi connectivity index (χ0) is 18.3. The van der Waals surface area contributed by atoms with Crippen molar-refractivity contribution < 1.29 is 4.79 Å². The molecule has 4 heteroatoms. The Kier molecular flexibility index (Phi) is 4.38. The largest absolute Gasteiger partial charge is 0.325 e. The van der Waals surface area contributed by atoms with Gasteiger partial charge in [0.15, 0.2) is 0 Å². The van der Waals surface area contributed by atoms with Gasteiger partial charge in [0.2, 0.25) is 5.91 Å². The molecule has 0 radical (unpaired) electrons. The third kappa shape index (κ3) is 3.16. The second-order valence-corrected chi connectivity index (χ2v) is 7.10. The molecule has 1 saturated heterocycles. The number of aryl methyl sites for hydroxylation is 1. The molecule has 130 valence electrons. The molecule has 1 N–H and O–H groups in total. The number of allylic oxidation sites excluding steroid dienone is 4. The van der Waals surface area contributed by atoms with Crippen LogP contribution in [0.2, 0.25) is 0 Å². The van der Waals surface area contributed by atoms with Crippen LogP contribution in [0.3, 0.4) is 0 Å². The van der Waals surface area contributed by atoms with Crippen molar-refractivity contribution in [2.24, 2.45) is 0 Å². The Morgan fingerprint density at radius 2 is 2.08 bits per heavy atom. The number of carbonyl (C=O) groups is 1. The van der Waals surface area contributed by atoms with Crippen LogP contribution in [0.1, 0.15) is 51.4 Å². The topological polar surface area (TPSA) is 46.9 Å². The van der Waals surface area contributed by atoms with Gasteiger partial charge in [-0.25, -0.2) is 4.98 Å². The minimum Gasteiger partial charge on any atom is -0.325 e. The summed E-state index contributed by atoms with van der Waals surface area (Å²) in [7, 11) is 0. The minimum absolute atomic E-state index is 0.0111. The van der Waals surface area contributed by atoms with Crippen molar-refractivity contribution in [1.29, 1.82) is 0 Å². The van der Waals surface area contributed by atoms with Crippen LogP contribution in [0.15, 0.2) is 47.7 Å². The lowest BCUT2D eigenvalue weighted by Gasteiger charge is -2.14. The number of hydrogen-bond donors (Lipinski definition) is 1. The molecule has 0 aliphatic carbocycles. The van der Waals surface area contributed by atoms with E-state index in [9.17, 15) is 4.79 Å². The lowest BCUT2D eigenvalue weighted by molar-refractivity contribution is -0.118. The van der Waals surface area contributed by atoms with Crippen molar-refractivity contribution in [1.82, 2.24) is 14.9 Å². The molecule has 25 heavy (non-hydrogen) atoms. The first-order valence-electron chi connectivity index (χ1n) is 8.64. The molecule has 4 nitrogen and oxygen atoms in total. The van der Waals surface area contributed by atoms with Gasteiger partial charge in [0, 0.05) is 28.2 Å². The number of hydrogen-bond acceptors (Lipinski definition) is 2. The molecule has 3 heterocycles. The Morgan fingerprint density at radius 3 is 2.68 bits per heavy atom. The van der Waals surface area contributed by atoms with Crippen LogP contribution < -0.4 is 5.32 Å². The van der Waals surface area contributed by atoms with Crippen molar-refractivity contribution in [3.8, 4) is 0 Å². The Labute approximate surface area is 148 Å². The third-order valence-corrected chi connectivity index (χ3v) is 4.57. The van der Waals surface area contributed by atoms with Crippen LogP contribution in [0.5, 0.6) is 0 Å². The van der Waals surface area contributed by atoms with Crippen molar-refractivity contribution in [2.45, 2.75) is 47.0 Å². The SMILES string of the molecule is C=C1CC(=O)N/C1=C(C)/C=C(\C)n1c(C(C)C)cc2ccc(C)nc21. The van der Waals surface area contributed by atoms with Gasteiger partial charge in [-0.15, -0.1) is 0 Å². The Balaban J connectivity index is 2.16. The maximum atomic E-state index is 11.6. The van der Waals surface area contributed by atoms with Crippen LogP contribution in [0, 0.1) is 6.92 Å². The molecule has 0 aromatic carbocycles.